The summed E-state index contributed by atoms with van der Waals surface area (Å²) in [6.07, 6.45) is 3.96. The fourth-order valence-corrected chi connectivity index (χ4v) is 3.78. The first-order valence-electron chi connectivity index (χ1n) is 8.39. The predicted molar refractivity (Wildman–Crippen MR) is 107 cm³/mol. The van der Waals surface area contributed by atoms with Crippen LogP contribution in [0.25, 0.3) is 0 Å². The summed E-state index contributed by atoms with van der Waals surface area (Å²) < 4.78 is 0. The van der Waals surface area contributed by atoms with Gasteiger partial charge in [0, 0.05) is 36.8 Å². The Morgan fingerprint density at radius 2 is 1.88 bits per heavy atom. The zero-order valence-corrected chi connectivity index (χ0v) is 15.3. The van der Waals surface area contributed by atoms with Gasteiger partial charge in [-0.25, -0.2) is 0 Å². The number of thiophene rings is 1. The first-order chi connectivity index (χ1) is 12.7. The fourth-order valence-electron chi connectivity index (χ4n) is 2.98. The van der Waals surface area contributed by atoms with Crippen molar-refractivity contribution in [2.45, 2.75) is 6.42 Å². The molecule has 0 unspecified atom stereocenters. The molecule has 2 amide bonds. The Morgan fingerprint density at radius 3 is 2.62 bits per heavy atom. The third kappa shape index (κ3) is 3.61. The molecular formula is C20H21N3O2S. The highest BCUT2D eigenvalue weighted by atomic mass is 32.1. The molecule has 1 aliphatic heterocycles. The molecule has 6 heteroatoms. The number of para-hydroxylation sites is 2. The topological polar surface area (TPSA) is 52.7 Å². The highest BCUT2D eigenvalue weighted by Gasteiger charge is 2.29. The number of benzene rings is 1. The quantitative estimate of drug-likeness (QED) is 0.752. The third-order valence-corrected chi connectivity index (χ3v) is 4.92. The molecule has 26 heavy (non-hydrogen) atoms. The number of carbonyl (C=O) groups excluding carboxylic acids is 2. The summed E-state index contributed by atoms with van der Waals surface area (Å²) in [7, 11) is 0. The van der Waals surface area contributed by atoms with Gasteiger partial charge in [0.25, 0.3) is 5.91 Å². The van der Waals surface area contributed by atoms with Gasteiger partial charge in [0.15, 0.2) is 0 Å². The number of rotatable bonds is 7. The minimum absolute atomic E-state index is 0.0493. The Balaban J connectivity index is 1.90. The molecule has 1 aromatic heterocycles. The molecule has 0 aliphatic carbocycles. The highest BCUT2D eigenvalue weighted by molar-refractivity contribution is 7.08. The lowest BCUT2D eigenvalue weighted by Crippen LogP contribution is -2.32. The fraction of sp³-hybridized carbons (Fsp3) is 0.200. The summed E-state index contributed by atoms with van der Waals surface area (Å²) in [4.78, 5) is 29.3. The van der Waals surface area contributed by atoms with Gasteiger partial charge >= 0.3 is 0 Å². The van der Waals surface area contributed by atoms with Gasteiger partial charge in [-0.05, 0) is 12.1 Å². The molecule has 0 spiro atoms. The van der Waals surface area contributed by atoms with E-state index in [4.69, 9.17) is 0 Å². The van der Waals surface area contributed by atoms with E-state index in [0.717, 1.165) is 0 Å². The number of hydrogen-bond acceptors (Lipinski definition) is 4. The second kappa shape index (κ2) is 8.12. The van der Waals surface area contributed by atoms with Crippen LogP contribution in [-0.2, 0) is 4.79 Å². The van der Waals surface area contributed by atoms with Crippen LogP contribution >= 0.6 is 11.3 Å². The lowest BCUT2D eigenvalue weighted by Gasteiger charge is -2.25. The van der Waals surface area contributed by atoms with Crippen molar-refractivity contribution in [3.63, 3.8) is 0 Å². The Morgan fingerprint density at radius 1 is 1.15 bits per heavy atom. The minimum atomic E-state index is -0.191. The van der Waals surface area contributed by atoms with Gasteiger partial charge in [-0.2, -0.15) is 0 Å². The van der Waals surface area contributed by atoms with E-state index in [2.05, 4.69) is 23.4 Å². The van der Waals surface area contributed by atoms with Crippen molar-refractivity contribution in [3.8, 4) is 0 Å². The van der Waals surface area contributed by atoms with E-state index >= 15 is 0 Å². The van der Waals surface area contributed by atoms with E-state index in [9.17, 15) is 9.59 Å². The van der Waals surface area contributed by atoms with Crippen LogP contribution in [0.15, 0.2) is 60.3 Å². The van der Waals surface area contributed by atoms with Crippen LogP contribution in [0.5, 0.6) is 0 Å². The lowest BCUT2D eigenvalue weighted by molar-refractivity contribution is -0.118. The zero-order valence-electron chi connectivity index (χ0n) is 14.5. The second-order valence-corrected chi connectivity index (χ2v) is 6.70. The number of hydrogen-bond donors (Lipinski definition) is 1. The number of amides is 2. The maximum atomic E-state index is 13.1. The van der Waals surface area contributed by atoms with Gasteiger partial charge in [0.2, 0.25) is 5.91 Å². The summed E-state index contributed by atoms with van der Waals surface area (Å²) in [5.41, 5.74) is 2.50. The number of carbonyl (C=O) groups is 2. The molecule has 2 heterocycles. The van der Waals surface area contributed by atoms with Crippen LogP contribution in [0, 0.1) is 0 Å². The van der Waals surface area contributed by atoms with E-state index in [1.807, 2.05) is 41.8 Å². The smallest absolute Gasteiger partial charge is 0.258 e. The van der Waals surface area contributed by atoms with E-state index in [1.165, 1.54) is 11.3 Å². The van der Waals surface area contributed by atoms with Gasteiger partial charge in [-0.1, -0.05) is 24.3 Å². The Labute approximate surface area is 157 Å². The number of fused-ring (bicyclic) bond motifs is 2. The second-order valence-electron chi connectivity index (χ2n) is 5.96. The Hall–Kier alpha value is -2.70. The molecule has 1 aliphatic rings. The Bertz CT molecular complexity index is 833. The SMILES string of the molecule is C=CCN(CC=C)CCC(=O)N1c2ccccc2NC(=O)c2cscc21. The molecular weight excluding hydrogens is 346 g/mol. The van der Waals surface area contributed by atoms with Crippen molar-refractivity contribution in [1.29, 1.82) is 0 Å². The molecule has 0 fully saturated rings. The number of nitrogens with one attached hydrogen (secondary N) is 1. The van der Waals surface area contributed by atoms with Gasteiger partial charge in [-0.3, -0.25) is 19.4 Å². The first-order valence-corrected chi connectivity index (χ1v) is 9.33. The van der Waals surface area contributed by atoms with E-state index in [-0.39, 0.29) is 11.8 Å². The van der Waals surface area contributed by atoms with Crippen molar-refractivity contribution in [1.82, 2.24) is 4.90 Å². The maximum absolute atomic E-state index is 13.1. The van der Waals surface area contributed by atoms with Crippen molar-refractivity contribution < 1.29 is 9.59 Å². The van der Waals surface area contributed by atoms with Gasteiger partial charge in [0.1, 0.15) is 0 Å². The molecule has 1 N–H and O–H groups in total. The van der Waals surface area contributed by atoms with Gasteiger partial charge in [0.05, 0.1) is 22.6 Å². The van der Waals surface area contributed by atoms with Crippen LogP contribution in [0.2, 0.25) is 0 Å². The van der Waals surface area contributed by atoms with Crippen LogP contribution in [0.3, 0.4) is 0 Å². The lowest BCUT2D eigenvalue weighted by atomic mass is 10.2. The van der Waals surface area contributed by atoms with Crippen LogP contribution in [-0.4, -0.2) is 36.3 Å². The van der Waals surface area contributed by atoms with E-state index in [0.29, 0.717) is 48.7 Å². The van der Waals surface area contributed by atoms with Crippen molar-refractivity contribution in [2.24, 2.45) is 0 Å². The summed E-state index contributed by atoms with van der Waals surface area (Å²) in [6.45, 7) is 9.50. The number of anilines is 3. The summed E-state index contributed by atoms with van der Waals surface area (Å²) in [5, 5.41) is 6.52. The van der Waals surface area contributed by atoms with Gasteiger partial charge in [-0.15, -0.1) is 24.5 Å². The van der Waals surface area contributed by atoms with Gasteiger partial charge < -0.3 is 5.32 Å². The van der Waals surface area contributed by atoms with Crippen LogP contribution in [0.1, 0.15) is 16.8 Å². The van der Waals surface area contributed by atoms with E-state index < -0.39 is 0 Å². The van der Waals surface area contributed by atoms with Crippen molar-refractivity contribution in [3.05, 3.63) is 65.9 Å². The van der Waals surface area contributed by atoms with Crippen molar-refractivity contribution in [2.75, 3.05) is 29.9 Å². The summed E-state index contributed by atoms with van der Waals surface area (Å²) >= 11 is 1.41. The van der Waals surface area contributed by atoms with E-state index in [1.54, 1.807) is 10.3 Å². The number of nitrogens with zero attached hydrogens (tertiary/aromatic N) is 2. The molecule has 3 rings (SSSR count). The molecule has 1 aromatic carbocycles. The molecule has 0 saturated heterocycles. The zero-order chi connectivity index (χ0) is 18.5. The predicted octanol–water partition coefficient (Wildman–Crippen LogP) is 4.04. The normalized spacial score (nSPS) is 12.8. The van der Waals surface area contributed by atoms with Crippen molar-refractivity contribution >= 4 is 40.2 Å². The molecule has 2 aromatic rings. The molecule has 0 saturated carbocycles. The molecule has 134 valence electrons. The monoisotopic (exact) mass is 367 g/mol. The summed E-state index contributed by atoms with van der Waals surface area (Å²) in [6, 6.07) is 7.37. The van der Waals surface area contributed by atoms with Crippen LogP contribution in [0.4, 0.5) is 17.1 Å². The third-order valence-electron chi connectivity index (χ3n) is 4.19. The average Bonchev–Trinajstić information content (AvgIpc) is 3.07. The molecule has 5 nitrogen and oxygen atoms in total. The standard InChI is InChI=1S/C20H21N3O2S/c1-3-10-22(11-4-2)12-9-19(24)23-17-8-6-5-7-16(17)21-20(25)15-13-26-14-18(15)23/h3-8,13-14H,1-2,9-12H2,(H,21,25). The first kappa shape index (κ1) is 18.1. The minimum Gasteiger partial charge on any atom is -0.320 e. The average molecular weight is 367 g/mol. The molecule has 0 radical (unpaired) electrons. The largest absolute Gasteiger partial charge is 0.320 e. The Kier molecular flexibility index (Phi) is 5.65. The maximum Gasteiger partial charge on any atom is 0.258 e. The summed E-state index contributed by atoms with van der Waals surface area (Å²) in [5.74, 6) is -0.240. The molecule has 0 atom stereocenters. The van der Waals surface area contributed by atoms with Crippen LogP contribution < -0.4 is 10.2 Å². The molecule has 0 bridgehead atoms. The highest BCUT2D eigenvalue weighted by Crippen LogP contribution is 2.39.